The van der Waals surface area contributed by atoms with Gasteiger partial charge in [-0.3, -0.25) is 9.69 Å². The predicted octanol–water partition coefficient (Wildman–Crippen LogP) is 3.08. The fraction of sp³-hybridized carbons (Fsp3) is 0.300. The standard InChI is InChI=1S/C20H21NO3/c22-19(17-11-5-2-6-12-17)18(21-13-7-8-14-21)20(23)24-15-16-9-3-1-4-10-16/h1-6,9-12,18H,7-8,13-15H2. The minimum Gasteiger partial charge on any atom is -0.459 e. The minimum atomic E-state index is -0.849. The molecule has 24 heavy (non-hydrogen) atoms. The van der Waals surface area contributed by atoms with E-state index in [2.05, 4.69) is 0 Å². The molecule has 0 radical (unpaired) electrons. The van der Waals surface area contributed by atoms with E-state index in [4.69, 9.17) is 4.74 Å². The summed E-state index contributed by atoms with van der Waals surface area (Å²) in [6, 6.07) is 17.6. The summed E-state index contributed by atoms with van der Waals surface area (Å²) >= 11 is 0. The number of Topliss-reactive ketones (excluding diaryl/α,β-unsaturated/α-hetero) is 1. The second-order valence-corrected chi connectivity index (χ2v) is 5.97. The first kappa shape index (κ1) is 16.4. The van der Waals surface area contributed by atoms with Gasteiger partial charge in [0.2, 0.25) is 0 Å². The molecule has 1 aliphatic heterocycles. The van der Waals surface area contributed by atoms with Gasteiger partial charge in [-0.15, -0.1) is 0 Å². The fourth-order valence-corrected chi connectivity index (χ4v) is 2.99. The Morgan fingerprint density at radius 2 is 1.50 bits per heavy atom. The smallest absolute Gasteiger partial charge is 0.331 e. The third-order valence-corrected chi connectivity index (χ3v) is 4.26. The van der Waals surface area contributed by atoms with E-state index in [0.29, 0.717) is 5.56 Å². The van der Waals surface area contributed by atoms with E-state index in [1.54, 1.807) is 12.1 Å². The Bertz CT molecular complexity index is 679. The fourth-order valence-electron chi connectivity index (χ4n) is 2.99. The monoisotopic (exact) mass is 323 g/mol. The van der Waals surface area contributed by atoms with Crippen molar-refractivity contribution >= 4 is 11.8 Å². The Balaban J connectivity index is 1.74. The van der Waals surface area contributed by atoms with Crippen molar-refractivity contribution in [1.29, 1.82) is 0 Å². The lowest BCUT2D eigenvalue weighted by atomic mass is 10.0. The van der Waals surface area contributed by atoms with Crippen LogP contribution in [0.3, 0.4) is 0 Å². The molecule has 0 amide bonds. The van der Waals surface area contributed by atoms with Gasteiger partial charge >= 0.3 is 5.97 Å². The number of esters is 1. The van der Waals surface area contributed by atoms with Crippen LogP contribution >= 0.6 is 0 Å². The topological polar surface area (TPSA) is 46.6 Å². The van der Waals surface area contributed by atoms with Crippen molar-refractivity contribution in [2.45, 2.75) is 25.5 Å². The summed E-state index contributed by atoms with van der Waals surface area (Å²) in [7, 11) is 0. The molecule has 2 aromatic carbocycles. The Hall–Kier alpha value is -2.46. The number of rotatable bonds is 6. The van der Waals surface area contributed by atoms with Gasteiger partial charge in [-0.25, -0.2) is 4.79 Å². The van der Waals surface area contributed by atoms with Crippen LogP contribution in [0.5, 0.6) is 0 Å². The molecule has 124 valence electrons. The molecule has 1 atom stereocenters. The molecule has 0 bridgehead atoms. The van der Waals surface area contributed by atoms with E-state index in [-0.39, 0.29) is 12.4 Å². The predicted molar refractivity (Wildman–Crippen MR) is 91.6 cm³/mol. The van der Waals surface area contributed by atoms with E-state index in [1.807, 2.05) is 53.4 Å². The van der Waals surface area contributed by atoms with E-state index >= 15 is 0 Å². The highest BCUT2D eigenvalue weighted by Gasteiger charge is 2.36. The molecule has 3 rings (SSSR count). The number of benzene rings is 2. The number of likely N-dealkylation sites (tertiary alicyclic amines) is 1. The summed E-state index contributed by atoms with van der Waals surface area (Å²) in [5.74, 6) is -0.648. The van der Waals surface area contributed by atoms with Crippen molar-refractivity contribution < 1.29 is 14.3 Å². The van der Waals surface area contributed by atoms with Crippen LogP contribution in [0.2, 0.25) is 0 Å². The lowest BCUT2D eigenvalue weighted by Gasteiger charge is -2.24. The summed E-state index contributed by atoms with van der Waals surface area (Å²) in [5.41, 5.74) is 1.46. The van der Waals surface area contributed by atoms with Gasteiger partial charge in [0.25, 0.3) is 0 Å². The lowest BCUT2D eigenvalue weighted by molar-refractivity contribution is -0.149. The number of ketones is 1. The molecular weight excluding hydrogens is 302 g/mol. The Labute approximate surface area is 142 Å². The molecule has 1 aliphatic rings. The SMILES string of the molecule is O=C(OCc1ccccc1)C(C(=O)c1ccccc1)N1CCCC1. The summed E-state index contributed by atoms with van der Waals surface area (Å²) < 4.78 is 5.44. The summed E-state index contributed by atoms with van der Waals surface area (Å²) in [6.45, 7) is 1.69. The van der Waals surface area contributed by atoms with E-state index in [1.165, 1.54) is 0 Å². The van der Waals surface area contributed by atoms with Crippen molar-refractivity contribution in [2.75, 3.05) is 13.1 Å². The number of carbonyl (C=O) groups is 2. The minimum absolute atomic E-state index is 0.185. The molecule has 1 heterocycles. The summed E-state index contributed by atoms with van der Waals surface area (Å²) in [6.07, 6.45) is 2.01. The highest BCUT2D eigenvalue weighted by molar-refractivity contribution is 6.12. The van der Waals surface area contributed by atoms with Gasteiger partial charge in [-0.1, -0.05) is 60.7 Å². The van der Waals surface area contributed by atoms with Gasteiger partial charge in [0.05, 0.1) is 0 Å². The van der Waals surface area contributed by atoms with Crippen LogP contribution in [0.25, 0.3) is 0 Å². The van der Waals surface area contributed by atoms with Crippen LogP contribution in [-0.2, 0) is 16.1 Å². The normalized spacial score (nSPS) is 15.8. The van der Waals surface area contributed by atoms with Crippen molar-refractivity contribution in [3.8, 4) is 0 Å². The first-order chi connectivity index (χ1) is 11.8. The van der Waals surface area contributed by atoms with Gasteiger partial charge in [0.1, 0.15) is 6.61 Å². The van der Waals surface area contributed by atoms with E-state index in [9.17, 15) is 9.59 Å². The van der Waals surface area contributed by atoms with E-state index in [0.717, 1.165) is 31.5 Å². The first-order valence-electron chi connectivity index (χ1n) is 8.29. The average Bonchev–Trinajstić information content (AvgIpc) is 3.16. The number of carbonyl (C=O) groups excluding carboxylic acids is 2. The van der Waals surface area contributed by atoms with Crippen LogP contribution in [0.15, 0.2) is 60.7 Å². The molecule has 0 aliphatic carbocycles. The first-order valence-corrected chi connectivity index (χ1v) is 8.29. The molecular formula is C20H21NO3. The lowest BCUT2D eigenvalue weighted by Crippen LogP contribution is -2.46. The van der Waals surface area contributed by atoms with Gasteiger partial charge in [0.15, 0.2) is 11.8 Å². The van der Waals surface area contributed by atoms with Crippen LogP contribution in [0, 0.1) is 0 Å². The molecule has 2 aromatic rings. The van der Waals surface area contributed by atoms with Gasteiger partial charge in [-0.05, 0) is 31.5 Å². The summed E-state index contributed by atoms with van der Waals surface area (Å²) in [5, 5.41) is 0. The zero-order valence-electron chi connectivity index (χ0n) is 13.6. The second-order valence-electron chi connectivity index (χ2n) is 5.97. The Morgan fingerprint density at radius 1 is 0.917 bits per heavy atom. The Morgan fingerprint density at radius 3 is 2.12 bits per heavy atom. The van der Waals surface area contributed by atoms with Crippen LogP contribution in [0.4, 0.5) is 0 Å². The highest BCUT2D eigenvalue weighted by Crippen LogP contribution is 2.18. The van der Waals surface area contributed by atoms with Crippen molar-refractivity contribution in [1.82, 2.24) is 4.90 Å². The maximum absolute atomic E-state index is 12.8. The molecule has 4 heteroatoms. The molecule has 0 spiro atoms. The Kier molecular flexibility index (Phi) is 5.39. The number of ether oxygens (including phenoxy) is 1. The van der Waals surface area contributed by atoms with Gasteiger partial charge < -0.3 is 4.74 Å². The van der Waals surface area contributed by atoms with Gasteiger partial charge in [0, 0.05) is 5.56 Å². The third kappa shape index (κ3) is 3.89. The van der Waals surface area contributed by atoms with Crippen LogP contribution in [-0.4, -0.2) is 35.8 Å². The zero-order valence-corrected chi connectivity index (χ0v) is 13.6. The largest absolute Gasteiger partial charge is 0.459 e. The van der Waals surface area contributed by atoms with Crippen molar-refractivity contribution in [2.24, 2.45) is 0 Å². The maximum Gasteiger partial charge on any atom is 0.331 e. The highest BCUT2D eigenvalue weighted by atomic mass is 16.5. The van der Waals surface area contributed by atoms with Crippen molar-refractivity contribution in [3.05, 3.63) is 71.8 Å². The van der Waals surface area contributed by atoms with Crippen LogP contribution in [0.1, 0.15) is 28.8 Å². The molecule has 1 saturated heterocycles. The second kappa shape index (κ2) is 7.88. The number of nitrogens with zero attached hydrogens (tertiary/aromatic N) is 1. The average molecular weight is 323 g/mol. The third-order valence-electron chi connectivity index (χ3n) is 4.26. The van der Waals surface area contributed by atoms with Crippen molar-refractivity contribution in [3.63, 3.8) is 0 Å². The quantitative estimate of drug-likeness (QED) is 0.466. The molecule has 0 N–H and O–H groups in total. The molecule has 1 fully saturated rings. The van der Waals surface area contributed by atoms with Crippen LogP contribution < -0.4 is 0 Å². The summed E-state index contributed by atoms with van der Waals surface area (Å²) in [4.78, 5) is 27.4. The number of hydrogen-bond donors (Lipinski definition) is 0. The number of hydrogen-bond acceptors (Lipinski definition) is 4. The maximum atomic E-state index is 12.8. The van der Waals surface area contributed by atoms with E-state index < -0.39 is 12.0 Å². The molecule has 4 nitrogen and oxygen atoms in total. The molecule has 0 saturated carbocycles. The molecule has 0 aromatic heterocycles. The zero-order chi connectivity index (χ0) is 16.8. The molecule has 1 unspecified atom stereocenters. The van der Waals surface area contributed by atoms with Gasteiger partial charge in [-0.2, -0.15) is 0 Å².